The molecule has 3 heterocycles. The van der Waals surface area contributed by atoms with E-state index >= 15 is 8.78 Å². The van der Waals surface area contributed by atoms with Crippen molar-refractivity contribution in [2.24, 2.45) is 0 Å². The lowest BCUT2D eigenvalue weighted by Gasteiger charge is -2.32. The molecule has 0 saturated carbocycles. The number of nitrogens with zero attached hydrogens (tertiary/aromatic N) is 3. The Hall–Kier alpha value is -3.73. The number of aryl methyl sites for hydroxylation is 1. The van der Waals surface area contributed by atoms with E-state index in [2.05, 4.69) is 10.3 Å². The topological polar surface area (TPSA) is 94.9 Å². The van der Waals surface area contributed by atoms with E-state index in [1.165, 1.54) is 12.0 Å². The molecule has 9 nitrogen and oxygen atoms in total. The van der Waals surface area contributed by atoms with Crippen LogP contribution in [0.2, 0.25) is 0 Å². The highest BCUT2D eigenvalue weighted by atomic mass is 19.1. The highest BCUT2D eigenvalue weighted by Crippen LogP contribution is 2.40. The third kappa shape index (κ3) is 3.81. The normalized spacial score (nSPS) is 17.8. The van der Waals surface area contributed by atoms with Gasteiger partial charge in [0.2, 0.25) is 0 Å². The van der Waals surface area contributed by atoms with E-state index in [1.807, 2.05) is 25.1 Å². The minimum Gasteiger partial charge on any atom is -0.478 e. The van der Waals surface area contributed by atoms with Gasteiger partial charge in [0.05, 0.1) is 55.2 Å². The van der Waals surface area contributed by atoms with Gasteiger partial charge in [-0.25, -0.2) is 18.6 Å². The second-order valence-electron chi connectivity index (χ2n) is 8.21. The number of ether oxygens (including phenoxy) is 3. The number of morpholine rings is 1. The summed E-state index contributed by atoms with van der Waals surface area (Å²) in [5.74, 6) is -2.53. The maximum atomic E-state index is 15.5. The zero-order valence-electron chi connectivity index (χ0n) is 18.6. The van der Waals surface area contributed by atoms with Crippen molar-refractivity contribution in [1.29, 1.82) is 0 Å². The first kappa shape index (κ1) is 22.1. The van der Waals surface area contributed by atoms with Crippen LogP contribution in [0.3, 0.4) is 0 Å². The van der Waals surface area contributed by atoms with Crippen LogP contribution in [0.1, 0.15) is 5.56 Å². The van der Waals surface area contributed by atoms with Crippen LogP contribution in [-0.4, -0.2) is 66.0 Å². The Labute approximate surface area is 193 Å². The lowest BCUT2D eigenvalue weighted by atomic mass is 10.1. The third-order valence-corrected chi connectivity index (χ3v) is 5.88. The Kier molecular flexibility index (Phi) is 5.56. The smallest absolute Gasteiger partial charge is 0.409 e. The molecule has 11 heteroatoms. The minimum atomic E-state index is -0.955. The summed E-state index contributed by atoms with van der Waals surface area (Å²) in [6.45, 7) is 2.65. The van der Waals surface area contributed by atoms with Crippen molar-refractivity contribution < 1.29 is 32.6 Å². The van der Waals surface area contributed by atoms with Crippen molar-refractivity contribution in [3.8, 4) is 17.1 Å². The van der Waals surface area contributed by atoms with Gasteiger partial charge >= 0.3 is 6.09 Å². The zero-order valence-corrected chi connectivity index (χ0v) is 18.6. The number of halogens is 2. The largest absolute Gasteiger partial charge is 0.478 e. The maximum Gasteiger partial charge on any atom is 0.409 e. The average molecular weight is 472 g/mol. The molecule has 2 aliphatic heterocycles. The predicted octanol–water partition coefficient (Wildman–Crippen LogP) is 3.09. The number of nitrogens with one attached hydrogen (secondary N) is 1. The fraction of sp³-hybridized carbons (Fsp3) is 0.348. The van der Waals surface area contributed by atoms with Gasteiger partial charge in [-0.05, 0) is 24.6 Å². The van der Waals surface area contributed by atoms with E-state index < -0.39 is 29.7 Å². The lowest BCUT2D eigenvalue weighted by Crippen LogP contribution is -2.47. The Bertz CT molecular complexity index is 1310. The average Bonchev–Trinajstić information content (AvgIpc) is 3.15. The molecule has 1 aromatic heterocycles. The van der Waals surface area contributed by atoms with E-state index in [9.17, 15) is 9.59 Å². The molecule has 1 fully saturated rings. The minimum absolute atomic E-state index is 0.0534. The Morgan fingerprint density at radius 2 is 2.15 bits per heavy atom. The van der Waals surface area contributed by atoms with Crippen LogP contribution < -0.4 is 10.1 Å². The van der Waals surface area contributed by atoms with E-state index in [4.69, 9.17) is 14.2 Å². The Morgan fingerprint density at radius 1 is 1.32 bits per heavy atom. The Morgan fingerprint density at radius 3 is 2.94 bits per heavy atom. The highest BCUT2D eigenvalue weighted by molar-refractivity contribution is 5.96. The van der Waals surface area contributed by atoms with E-state index in [0.717, 1.165) is 11.6 Å². The maximum absolute atomic E-state index is 15.5. The molecule has 0 spiro atoms. The molecular formula is C23H22F2N4O5. The molecule has 1 saturated heterocycles. The molecule has 0 unspecified atom stereocenters. The first-order chi connectivity index (χ1) is 16.4. The first-order valence-electron chi connectivity index (χ1n) is 10.7. The summed E-state index contributed by atoms with van der Waals surface area (Å²) in [5, 5.41) is 2.42. The predicted molar refractivity (Wildman–Crippen MR) is 118 cm³/mol. The molecule has 0 bridgehead atoms. The van der Waals surface area contributed by atoms with Crippen LogP contribution >= 0.6 is 0 Å². The number of hydrogen-bond acceptors (Lipinski definition) is 6. The molecule has 3 aromatic rings. The summed E-state index contributed by atoms with van der Waals surface area (Å²) in [7, 11) is 1.31. The summed E-state index contributed by atoms with van der Waals surface area (Å²) in [5.41, 5.74) is 1.71. The first-order valence-corrected chi connectivity index (χ1v) is 10.7. The quantitative estimate of drug-likeness (QED) is 0.630. The summed E-state index contributed by atoms with van der Waals surface area (Å²) < 4.78 is 48.3. The zero-order chi connectivity index (χ0) is 24.0. The van der Waals surface area contributed by atoms with Crippen LogP contribution in [0.5, 0.6) is 5.75 Å². The van der Waals surface area contributed by atoms with E-state index in [0.29, 0.717) is 24.2 Å². The molecule has 5 rings (SSSR count). The monoisotopic (exact) mass is 472 g/mol. The number of benzene rings is 2. The van der Waals surface area contributed by atoms with Crippen LogP contribution in [0, 0.1) is 18.6 Å². The molecule has 0 aliphatic carbocycles. The van der Waals surface area contributed by atoms with Crippen molar-refractivity contribution in [2.75, 3.05) is 38.7 Å². The number of hydrogen-bond donors (Lipinski definition) is 1. The summed E-state index contributed by atoms with van der Waals surface area (Å²) in [4.78, 5) is 29.6. The van der Waals surface area contributed by atoms with Crippen molar-refractivity contribution in [2.45, 2.75) is 19.6 Å². The standard InChI is InChI=1S/C23H22F2N4O5/c1-12-3-4-17-15(7-12)27-22(29(17)10-13-9-28(5-6-33-13)23(31)32-2)19-14(24)8-16-21(20(19)25)34-11-18(30)26-16/h3-4,7-8,13H,5-6,9-11H2,1-2H3,(H,26,30)/t13-/m1/s1. The molecule has 178 valence electrons. The van der Waals surface area contributed by atoms with Crippen molar-refractivity contribution in [3.63, 3.8) is 0 Å². The molecule has 0 radical (unpaired) electrons. The number of fused-ring (bicyclic) bond motifs is 2. The van der Waals surface area contributed by atoms with Gasteiger partial charge in [-0.3, -0.25) is 4.79 Å². The van der Waals surface area contributed by atoms with E-state index in [1.54, 1.807) is 4.57 Å². The number of amides is 2. The number of imidazole rings is 1. The number of rotatable bonds is 3. The van der Waals surface area contributed by atoms with Crippen molar-refractivity contribution >= 4 is 28.7 Å². The van der Waals surface area contributed by atoms with Gasteiger partial charge in [0.25, 0.3) is 5.91 Å². The second kappa shape index (κ2) is 8.56. The Balaban J connectivity index is 1.61. The molecule has 2 aliphatic rings. The van der Waals surface area contributed by atoms with Crippen LogP contribution in [0.4, 0.5) is 19.3 Å². The SMILES string of the molecule is COC(=O)N1CCO[C@@H](Cn2c(-c3c(F)cc4c(c3F)OCC(=O)N4)nc3cc(C)ccc32)C1. The molecule has 34 heavy (non-hydrogen) atoms. The van der Waals surface area contributed by atoms with E-state index in [-0.39, 0.29) is 42.5 Å². The number of carbonyl (C=O) groups excluding carboxylic acids is 2. The number of carbonyl (C=O) groups is 2. The van der Waals surface area contributed by atoms with Gasteiger partial charge in [-0.2, -0.15) is 0 Å². The number of aromatic nitrogens is 2. The molecule has 1 N–H and O–H groups in total. The van der Waals surface area contributed by atoms with Gasteiger partial charge in [-0.1, -0.05) is 6.07 Å². The van der Waals surface area contributed by atoms with Gasteiger partial charge in [-0.15, -0.1) is 0 Å². The van der Waals surface area contributed by atoms with Crippen molar-refractivity contribution in [1.82, 2.24) is 14.5 Å². The molecule has 2 aromatic carbocycles. The fourth-order valence-corrected chi connectivity index (χ4v) is 4.31. The second-order valence-corrected chi connectivity index (χ2v) is 8.21. The summed E-state index contributed by atoms with van der Waals surface area (Å²) in [6.07, 6.45) is -0.921. The van der Waals surface area contributed by atoms with Gasteiger partial charge in [0.1, 0.15) is 11.6 Å². The number of methoxy groups -OCH3 is 1. The van der Waals surface area contributed by atoms with Gasteiger partial charge in [0.15, 0.2) is 18.2 Å². The van der Waals surface area contributed by atoms with Crippen molar-refractivity contribution in [3.05, 3.63) is 41.5 Å². The highest BCUT2D eigenvalue weighted by Gasteiger charge is 2.31. The van der Waals surface area contributed by atoms with Gasteiger partial charge < -0.3 is 29.0 Å². The third-order valence-electron chi connectivity index (χ3n) is 5.88. The molecule has 1 atom stereocenters. The van der Waals surface area contributed by atoms with Gasteiger partial charge in [0, 0.05) is 12.6 Å². The van der Waals surface area contributed by atoms with Crippen LogP contribution in [0.15, 0.2) is 24.3 Å². The van der Waals surface area contributed by atoms with Crippen LogP contribution in [-0.2, 0) is 20.8 Å². The molecular weight excluding hydrogens is 450 g/mol. The lowest BCUT2D eigenvalue weighted by molar-refractivity contribution is -0.118. The van der Waals surface area contributed by atoms with Crippen LogP contribution in [0.25, 0.3) is 22.4 Å². The summed E-state index contributed by atoms with van der Waals surface area (Å²) >= 11 is 0. The molecule has 2 amide bonds. The fourth-order valence-electron chi connectivity index (χ4n) is 4.31. The summed E-state index contributed by atoms with van der Waals surface area (Å²) in [6, 6.07) is 6.55. The number of anilines is 1.